The minimum absolute atomic E-state index is 0.180. The van der Waals surface area contributed by atoms with E-state index < -0.39 is 11.8 Å². The first-order valence-corrected chi connectivity index (χ1v) is 8.61. The van der Waals surface area contributed by atoms with Crippen molar-refractivity contribution >= 4 is 17.6 Å². The second-order valence-corrected chi connectivity index (χ2v) is 6.01. The van der Waals surface area contributed by atoms with E-state index in [0.717, 1.165) is 10.5 Å². The Balaban J connectivity index is 2.03. The van der Waals surface area contributed by atoms with E-state index in [0.29, 0.717) is 24.3 Å². The van der Waals surface area contributed by atoms with Gasteiger partial charge in [-0.1, -0.05) is 12.1 Å². The van der Waals surface area contributed by atoms with Gasteiger partial charge in [-0.25, -0.2) is 9.18 Å². The number of quaternary nitrogens is 1. The second kappa shape index (κ2) is 9.68. The number of halogens is 1. The van der Waals surface area contributed by atoms with E-state index in [-0.39, 0.29) is 18.2 Å². The molecule has 0 fully saturated rings. The van der Waals surface area contributed by atoms with Crippen LogP contribution in [0.5, 0.6) is 5.75 Å². The Morgan fingerprint density at radius 3 is 2.52 bits per heavy atom. The molecule has 0 heterocycles. The minimum atomic E-state index is -0.515. The Labute approximate surface area is 157 Å². The minimum Gasteiger partial charge on any atom is -0.494 e. The van der Waals surface area contributed by atoms with Gasteiger partial charge in [-0.2, -0.15) is 0 Å². The molecule has 0 radical (unpaired) electrons. The van der Waals surface area contributed by atoms with Crippen molar-refractivity contribution in [3.63, 3.8) is 0 Å². The summed E-state index contributed by atoms with van der Waals surface area (Å²) in [6.07, 6.45) is 0. The summed E-state index contributed by atoms with van der Waals surface area (Å²) in [5.74, 6) is -0.993. The smallest absolute Gasteiger partial charge is 0.339 e. The number of esters is 1. The number of nitrogens with one attached hydrogen (secondary N) is 2. The van der Waals surface area contributed by atoms with E-state index in [9.17, 15) is 14.0 Å². The topological polar surface area (TPSA) is 69.1 Å². The molecule has 0 aliphatic heterocycles. The van der Waals surface area contributed by atoms with Gasteiger partial charge in [0, 0.05) is 5.56 Å². The maximum Gasteiger partial charge on any atom is 0.339 e. The molecule has 0 bridgehead atoms. The summed E-state index contributed by atoms with van der Waals surface area (Å²) < 4.78 is 23.5. The van der Waals surface area contributed by atoms with E-state index in [4.69, 9.17) is 9.47 Å². The monoisotopic (exact) mass is 375 g/mol. The molecule has 27 heavy (non-hydrogen) atoms. The molecule has 2 aromatic carbocycles. The average Bonchev–Trinajstić information content (AvgIpc) is 2.67. The molecule has 2 rings (SSSR count). The summed E-state index contributed by atoms with van der Waals surface area (Å²) in [5.41, 5.74) is 1.47. The Bertz CT molecular complexity index is 810. The largest absolute Gasteiger partial charge is 0.494 e. The summed E-state index contributed by atoms with van der Waals surface area (Å²) in [6, 6.07) is 11.4. The van der Waals surface area contributed by atoms with Gasteiger partial charge >= 0.3 is 5.97 Å². The number of hydrogen-bond donors (Lipinski definition) is 2. The molecule has 0 spiro atoms. The lowest BCUT2D eigenvalue weighted by atomic mass is 10.1. The number of hydrogen-bond acceptors (Lipinski definition) is 4. The number of rotatable bonds is 8. The van der Waals surface area contributed by atoms with Gasteiger partial charge in [-0.15, -0.1) is 0 Å². The van der Waals surface area contributed by atoms with Crippen molar-refractivity contribution in [3.8, 4) is 5.75 Å². The van der Waals surface area contributed by atoms with Crippen LogP contribution in [-0.4, -0.2) is 39.2 Å². The summed E-state index contributed by atoms with van der Waals surface area (Å²) >= 11 is 0. The van der Waals surface area contributed by atoms with Crippen LogP contribution in [0.1, 0.15) is 22.8 Å². The molecule has 6 nitrogen and oxygen atoms in total. The van der Waals surface area contributed by atoms with Gasteiger partial charge in [0.1, 0.15) is 6.54 Å². The average molecular weight is 375 g/mol. The SMILES string of the molecule is CC[NH+](CC(=O)Nc1ccccc1C(=O)OC)Cc1ccc(OC)c(F)c1. The molecule has 0 aliphatic carbocycles. The molecule has 0 aliphatic rings. The lowest BCUT2D eigenvalue weighted by Gasteiger charge is -2.18. The van der Waals surface area contributed by atoms with Crippen molar-refractivity contribution in [2.45, 2.75) is 13.5 Å². The van der Waals surface area contributed by atoms with E-state index in [1.165, 1.54) is 20.3 Å². The standard InChI is InChI=1S/C20H23FN2O4/c1-4-23(12-14-9-10-18(26-2)16(21)11-14)13-19(24)22-17-8-6-5-7-15(17)20(25)27-3/h5-11H,4,12-13H2,1-3H3,(H,22,24)/p+1. The van der Waals surface area contributed by atoms with Crippen LogP contribution in [0.25, 0.3) is 0 Å². The molecule has 0 saturated carbocycles. The maximum atomic E-state index is 13.9. The lowest BCUT2D eigenvalue weighted by molar-refractivity contribution is -0.903. The number of para-hydroxylation sites is 1. The Kier molecular flexibility index (Phi) is 7.31. The van der Waals surface area contributed by atoms with Gasteiger partial charge in [0.15, 0.2) is 18.1 Å². The Hall–Kier alpha value is -2.93. The van der Waals surface area contributed by atoms with Crippen LogP contribution in [-0.2, 0) is 16.1 Å². The first-order valence-electron chi connectivity index (χ1n) is 8.61. The third-order valence-corrected chi connectivity index (χ3v) is 4.19. The normalized spacial score (nSPS) is 11.6. The molecule has 2 N–H and O–H groups in total. The lowest BCUT2D eigenvalue weighted by Crippen LogP contribution is -3.11. The molecule has 7 heteroatoms. The highest BCUT2D eigenvalue weighted by Gasteiger charge is 2.17. The molecular weight excluding hydrogens is 351 g/mol. The molecule has 2 aromatic rings. The first kappa shape index (κ1) is 20.4. The first-order chi connectivity index (χ1) is 13.0. The van der Waals surface area contributed by atoms with Crippen LogP contribution >= 0.6 is 0 Å². The molecule has 144 valence electrons. The number of benzene rings is 2. The van der Waals surface area contributed by atoms with E-state index in [1.807, 2.05) is 6.92 Å². The third-order valence-electron chi connectivity index (χ3n) is 4.19. The third kappa shape index (κ3) is 5.52. The highest BCUT2D eigenvalue weighted by atomic mass is 19.1. The molecule has 0 saturated heterocycles. The number of ether oxygens (including phenoxy) is 2. The number of amides is 1. The predicted molar refractivity (Wildman–Crippen MR) is 99.4 cm³/mol. The van der Waals surface area contributed by atoms with E-state index in [1.54, 1.807) is 36.4 Å². The summed E-state index contributed by atoms with van der Waals surface area (Å²) in [4.78, 5) is 25.2. The van der Waals surface area contributed by atoms with Crippen molar-refractivity contribution in [1.82, 2.24) is 0 Å². The maximum absolute atomic E-state index is 13.9. The summed E-state index contributed by atoms with van der Waals surface area (Å²) in [5, 5.41) is 2.75. The number of carbonyl (C=O) groups excluding carboxylic acids is 2. The fraction of sp³-hybridized carbons (Fsp3) is 0.300. The van der Waals surface area contributed by atoms with Gasteiger partial charge in [-0.05, 0) is 37.3 Å². The Morgan fingerprint density at radius 2 is 1.89 bits per heavy atom. The van der Waals surface area contributed by atoms with Crippen LogP contribution in [0.4, 0.5) is 10.1 Å². The molecule has 0 aromatic heterocycles. The van der Waals surface area contributed by atoms with Crippen molar-refractivity contribution in [2.24, 2.45) is 0 Å². The summed E-state index contributed by atoms with van der Waals surface area (Å²) in [6.45, 7) is 3.30. The number of methoxy groups -OCH3 is 2. The summed E-state index contributed by atoms with van der Waals surface area (Å²) in [7, 11) is 2.70. The quantitative estimate of drug-likeness (QED) is 0.689. The van der Waals surface area contributed by atoms with Gasteiger partial charge in [0.05, 0.1) is 32.0 Å². The number of carbonyl (C=O) groups is 2. The van der Waals surface area contributed by atoms with E-state index in [2.05, 4.69) is 5.32 Å². The second-order valence-electron chi connectivity index (χ2n) is 6.01. The highest BCUT2D eigenvalue weighted by Crippen LogP contribution is 2.17. The zero-order valence-corrected chi connectivity index (χ0v) is 15.7. The molecular formula is C20H24FN2O4+. The predicted octanol–water partition coefficient (Wildman–Crippen LogP) is 1.66. The van der Waals surface area contributed by atoms with Crippen LogP contribution in [0, 0.1) is 5.82 Å². The van der Waals surface area contributed by atoms with Crippen LogP contribution < -0.4 is 15.0 Å². The van der Waals surface area contributed by atoms with Crippen LogP contribution in [0.2, 0.25) is 0 Å². The molecule has 1 amide bonds. The fourth-order valence-electron chi connectivity index (χ4n) is 2.72. The highest BCUT2D eigenvalue weighted by molar-refractivity contribution is 6.01. The van der Waals surface area contributed by atoms with Crippen LogP contribution in [0.3, 0.4) is 0 Å². The van der Waals surface area contributed by atoms with Crippen molar-refractivity contribution in [3.05, 3.63) is 59.4 Å². The van der Waals surface area contributed by atoms with Crippen molar-refractivity contribution in [2.75, 3.05) is 32.6 Å². The zero-order chi connectivity index (χ0) is 19.8. The number of anilines is 1. The van der Waals surface area contributed by atoms with Crippen LogP contribution in [0.15, 0.2) is 42.5 Å². The Morgan fingerprint density at radius 1 is 1.15 bits per heavy atom. The number of likely N-dealkylation sites (N-methyl/N-ethyl adjacent to an activating group) is 1. The van der Waals surface area contributed by atoms with Gasteiger partial charge in [0.25, 0.3) is 5.91 Å². The zero-order valence-electron chi connectivity index (χ0n) is 15.7. The molecule has 1 atom stereocenters. The molecule has 1 unspecified atom stereocenters. The van der Waals surface area contributed by atoms with Gasteiger partial charge in [-0.3, -0.25) is 4.79 Å². The van der Waals surface area contributed by atoms with Gasteiger partial charge in [0.2, 0.25) is 0 Å². The van der Waals surface area contributed by atoms with Crippen molar-refractivity contribution in [1.29, 1.82) is 0 Å². The van der Waals surface area contributed by atoms with Crippen molar-refractivity contribution < 1.29 is 28.4 Å². The van der Waals surface area contributed by atoms with Gasteiger partial charge < -0.3 is 19.7 Å². The van der Waals surface area contributed by atoms with E-state index >= 15 is 0 Å². The fourth-order valence-corrected chi connectivity index (χ4v) is 2.72.